The largest absolute Gasteiger partial charge is 0.353 e. The van der Waals surface area contributed by atoms with Crippen molar-refractivity contribution in [3.63, 3.8) is 0 Å². The van der Waals surface area contributed by atoms with Gasteiger partial charge in [-0.2, -0.15) is 0 Å². The lowest BCUT2D eigenvalue weighted by Crippen LogP contribution is -2.26. The van der Waals surface area contributed by atoms with Gasteiger partial charge in [0.2, 0.25) is 5.91 Å². The first-order valence-electron chi connectivity index (χ1n) is 7.31. The standard InChI is InChI=1S/C15H21N3O3/c1-11-12(4-2-5-14(11)18(20)21)10-16-9-3-6-15(19)17-13-7-8-13/h2,4-5,13,16H,3,6-10H2,1H3,(H,17,19). The first kappa shape index (κ1) is 15.4. The Morgan fingerprint density at radius 3 is 2.86 bits per heavy atom. The summed E-state index contributed by atoms with van der Waals surface area (Å²) >= 11 is 0. The van der Waals surface area contributed by atoms with Gasteiger partial charge < -0.3 is 10.6 Å². The summed E-state index contributed by atoms with van der Waals surface area (Å²) in [5, 5.41) is 17.0. The lowest BCUT2D eigenvalue weighted by Gasteiger charge is -2.08. The van der Waals surface area contributed by atoms with Crippen LogP contribution in [0.2, 0.25) is 0 Å². The summed E-state index contributed by atoms with van der Waals surface area (Å²) in [6, 6.07) is 5.51. The van der Waals surface area contributed by atoms with Crippen LogP contribution in [0.5, 0.6) is 0 Å². The summed E-state index contributed by atoms with van der Waals surface area (Å²) in [7, 11) is 0. The molecule has 21 heavy (non-hydrogen) atoms. The van der Waals surface area contributed by atoms with E-state index in [0.29, 0.717) is 24.6 Å². The Labute approximate surface area is 124 Å². The molecule has 1 amide bonds. The fourth-order valence-electron chi connectivity index (χ4n) is 2.18. The van der Waals surface area contributed by atoms with Crippen molar-refractivity contribution >= 4 is 11.6 Å². The van der Waals surface area contributed by atoms with E-state index in [1.165, 1.54) is 6.07 Å². The van der Waals surface area contributed by atoms with Crippen molar-refractivity contribution in [3.8, 4) is 0 Å². The van der Waals surface area contributed by atoms with Crippen molar-refractivity contribution in [2.24, 2.45) is 0 Å². The number of nitrogens with zero attached hydrogens (tertiary/aromatic N) is 1. The minimum Gasteiger partial charge on any atom is -0.353 e. The normalized spacial score (nSPS) is 14.0. The van der Waals surface area contributed by atoms with Crippen LogP contribution in [0.25, 0.3) is 0 Å². The molecule has 2 rings (SSSR count). The molecule has 0 bridgehead atoms. The molecule has 1 aromatic carbocycles. The van der Waals surface area contributed by atoms with Crippen LogP contribution in [-0.4, -0.2) is 23.4 Å². The predicted molar refractivity (Wildman–Crippen MR) is 79.9 cm³/mol. The summed E-state index contributed by atoms with van der Waals surface area (Å²) < 4.78 is 0. The van der Waals surface area contributed by atoms with Crippen LogP contribution >= 0.6 is 0 Å². The zero-order valence-electron chi connectivity index (χ0n) is 12.2. The number of rotatable bonds is 8. The van der Waals surface area contributed by atoms with E-state index in [2.05, 4.69) is 10.6 Å². The van der Waals surface area contributed by atoms with Crippen molar-refractivity contribution < 1.29 is 9.72 Å². The van der Waals surface area contributed by atoms with Gasteiger partial charge >= 0.3 is 0 Å². The van der Waals surface area contributed by atoms with Crippen molar-refractivity contribution in [1.29, 1.82) is 0 Å². The van der Waals surface area contributed by atoms with Gasteiger partial charge in [0, 0.05) is 30.6 Å². The molecule has 0 atom stereocenters. The Morgan fingerprint density at radius 1 is 1.43 bits per heavy atom. The number of nitrogens with one attached hydrogen (secondary N) is 2. The van der Waals surface area contributed by atoms with Crippen molar-refractivity contribution in [2.45, 2.75) is 45.2 Å². The molecule has 0 heterocycles. The molecule has 1 aliphatic rings. The molecule has 6 heteroatoms. The maximum absolute atomic E-state index is 11.5. The number of benzene rings is 1. The van der Waals surface area contributed by atoms with Crippen LogP contribution in [0, 0.1) is 17.0 Å². The smallest absolute Gasteiger partial charge is 0.272 e. The van der Waals surface area contributed by atoms with Gasteiger partial charge in [0.05, 0.1) is 4.92 Å². The lowest BCUT2D eigenvalue weighted by atomic mass is 10.1. The molecule has 0 unspecified atom stereocenters. The third-order valence-electron chi connectivity index (χ3n) is 3.63. The second-order valence-electron chi connectivity index (χ2n) is 5.44. The van der Waals surface area contributed by atoms with Crippen molar-refractivity contribution in [1.82, 2.24) is 10.6 Å². The van der Waals surface area contributed by atoms with Crippen LogP contribution in [0.3, 0.4) is 0 Å². The van der Waals surface area contributed by atoms with Gasteiger partial charge in [0.25, 0.3) is 5.69 Å². The van der Waals surface area contributed by atoms with Gasteiger partial charge in [-0.1, -0.05) is 12.1 Å². The fraction of sp³-hybridized carbons (Fsp3) is 0.533. The third-order valence-corrected chi connectivity index (χ3v) is 3.63. The molecule has 0 spiro atoms. The molecule has 1 aliphatic carbocycles. The maximum Gasteiger partial charge on any atom is 0.272 e. The number of carbonyl (C=O) groups is 1. The third kappa shape index (κ3) is 4.82. The number of amides is 1. The van der Waals surface area contributed by atoms with Crippen LogP contribution in [-0.2, 0) is 11.3 Å². The highest BCUT2D eigenvalue weighted by atomic mass is 16.6. The van der Waals surface area contributed by atoms with Gasteiger partial charge in [0.15, 0.2) is 0 Å². The maximum atomic E-state index is 11.5. The first-order chi connectivity index (χ1) is 10.1. The summed E-state index contributed by atoms with van der Waals surface area (Å²) in [6.45, 7) is 3.07. The van der Waals surface area contributed by atoms with E-state index in [0.717, 1.165) is 31.4 Å². The summed E-state index contributed by atoms with van der Waals surface area (Å²) in [6.07, 6.45) is 3.51. The molecule has 0 saturated heterocycles. The molecule has 2 N–H and O–H groups in total. The van der Waals surface area contributed by atoms with E-state index in [9.17, 15) is 14.9 Å². The van der Waals surface area contributed by atoms with E-state index < -0.39 is 0 Å². The number of nitro groups is 1. The Hall–Kier alpha value is -1.95. The highest BCUT2D eigenvalue weighted by Gasteiger charge is 2.22. The van der Waals surface area contributed by atoms with Gasteiger partial charge in [-0.05, 0) is 38.3 Å². The summed E-state index contributed by atoms with van der Waals surface area (Å²) in [5.41, 5.74) is 1.77. The van der Waals surface area contributed by atoms with E-state index in [1.54, 1.807) is 13.0 Å². The monoisotopic (exact) mass is 291 g/mol. The number of carbonyl (C=O) groups excluding carboxylic acids is 1. The highest BCUT2D eigenvalue weighted by molar-refractivity contribution is 5.76. The molecule has 0 aromatic heterocycles. The first-order valence-corrected chi connectivity index (χ1v) is 7.31. The molecule has 1 fully saturated rings. The summed E-state index contributed by atoms with van der Waals surface area (Å²) in [4.78, 5) is 22.0. The molecule has 114 valence electrons. The molecule has 1 saturated carbocycles. The fourth-order valence-corrected chi connectivity index (χ4v) is 2.18. The second-order valence-corrected chi connectivity index (χ2v) is 5.44. The molecule has 1 aromatic rings. The van der Waals surface area contributed by atoms with Crippen LogP contribution in [0.4, 0.5) is 5.69 Å². The van der Waals surface area contributed by atoms with Crippen molar-refractivity contribution in [3.05, 3.63) is 39.4 Å². The van der Waals surface area contributed by atoms with Gasteiger partial charge in [-0.3, -0.25) is 14.9 Å². The van der Waals surface area contributed by atoms with Gasteiger partial charge in [0.1, 0.15) is 0 Å². The predicted octanol–water partition coefficient (Wildman–Crippen LogP) is 2.05. The van der Waals surface area contributed by atoms with Gasteiger partial charge in [-0.15, -0.1) is 0 Å². The van der Waals surface area contributed by atoms with E-state index in [4.69, 9.17) is 0 Å². The Morgan fingerprint density at radius 2 is 2.19 bits per heavy atom. The average molecular weight is 291 g/mol. The Kier molecular flexibility index (Phi) is 5.27. The van der Waals surface area contributed by atoms with Crippen LogP contribution in [0.15, 0.2) is 18.2 Å². The molecule has 0 aliphatic heterocycles. The molecular weight excluding hydrogens is 270 g/mol. The molecule has 6 nitrogen and oxygen atoms in total. The van der Waals surface area contributed by atoms with Gasteiger partial charge in [-0.25, -0.2) is 0 Å². The SMILES string of the molecule is Cc1c(CNCCCC(=O)NC2CC2)cccc1[N+](=O)[O-]. The number of hydrogen-bond donors (Lipinski definition) is 2. The minimum absolute atomic E-state index is 0.117. The molecular formula is C15H21N3O3. The number of hydrogen-bond acceptors (Lipinski definition) is 4. The lowest BCUT2D eigenvalue weighted by molar-refractivity contribution is -0.385. The van der Waals surface area contributed by atoms with Crippen LogP contribution < -0.4 is 10.6 Å². The number of nitro benzene ring substituents is 1. The zero-order chi connectivity index (χ0) is 15.2. The average Bonchev–Trinajstić information content (AvgIpc) is 3.23. The topological polar surface area (TPSA) is 84.3 Å². The van der Waals surface area contributed by atoms with Crippen molar-refractivity contribution in [2.75, 3.05) is 6.54 Å². The van der Waals surface area contributed by atoms with E-state index in [-0.39, 0.29) is 16.5 Å². The second kappa shape index (κ2) is 7.17. The molecule has 0 radical (unpaired) electrons. The minimum atomic E-state index is -0.360. The Balaban J connectivity index is 1.69. The van der Waals surface area contributed by atoms with E-state index in [1.807, 2.05) is 6.07 Å². The van der Waals surface area contributed by atoms with Crippen LogP contribution in [0.1, 0.15) is 36.8 Å². The highest BCUT2D eigenvalue weighted by Crippen LogP contribution is 2.21. The Bertz CT molecular complexity index is 527. The summed E-state index contributed by atoms with van der Waals surface area (Å²) in [5.74, 6) is 0.117. The quantitative estimate of drug-likeness (QED) is 0.436. The zero-order valence-corrected chi connectivity index (χ0v) is 12.2. The van der Waals surface area contributed by atoms with E-state index >= 15 is 0 Å².